The Balaban J connectivity index is 1.35. The van der Waals surface area contributed by atoms with Crippen LogP contribution in [0.4, 0.5) is 0 Å². The molecule has 0 saturated carbocycles. The molecular weight excluding hydrogens is 613 g/mol. The number of carbonyl (C=O) groups excluding carboxylic acids is 1. The fraction of sp³-hybridized carbons (Fsp3) is 0.596. The molecule has 0 amide bonds. The molecular formula is C47H70O3. The highest BCUT2D eigenvalue weighted by molar-refractivity contribution is 5.83. The third-order valence-electron chi connectivity index (χ3n) is 10.1. The summed E-state index contributed by atoms with van der Waals surface area (Å²) in [5.74, 6) is 0.850. The smallest absolute Gasteiger partial charge is 0.306 e. The van der Waals surface area contributed by atoms with E-state index in [0.717, 1.165) is 42.7 Å². The second kappa shape index (κ2) is 26.7. The topological polar surface area (TPSA) is 35.5 Å². The molecule has 50 heavy (non-hydrogen) atoms. The van der Waals surface area contributed by atoms with Gasteiger partial charge in [0.05, 0.1) is 6.61 Å². The molecule has 0 aliphatic heterocycles. The molecule has 1 atom stereocenters. The quantitative estimate of drug-likeness (QED) is 0.0540. The van der Waals surface area contributed by atoms with Crippen molar-refractivity contribution in [2.24, 2.45) is 0 Å². The van der Waals surface area contributed by atoms with E-state index in [1.807, 2.05) is 6.92 Å². The van der Waals surface area contributed by atoms with Crippen LogP contribution in [0.1, 0.15) is 180 Å². The lowest BCUT2D eigenvalue weighted by Gasteiger charge is -2.15. The molecule has 3 heteroatoms. The molecule has 0 spiro atoms. The Bertz CT molecular complexity index is 1260. The first-order valence-electron chi connectivity index (χ1n) is 20.7. The molecule has 0 heterocycles. The van der Waals surface area contributed by atoms with E-state index in [2.05, 4.69) is 86.6 Å². The number of esters is 1. The lowest BCUT2D eigenvalue weighted by Crippen LogP contribution is -2.08. The van der Waals surface area contributed by atoms with Gasteiger partial charge >= 0.3 is 5.97 Å². The van der Waals surface area contributed by atoms with E-state index in [4.69, 9.17) is 9.47 Å². The minimum atomic E-state index is -0.252. The van der Waals surface area contributed by atoms with Gasteiger partial charge in [-0.2, -0.15) is 0 Å². The zero-order valence-electron chi connectivity index (χ0n) is 32.2. The fourth-order valence-electron chi connectivity index (χ4n) is 6.86. The molecule has 0 bridgehead atoms. The van der Waals surface area contributed by atoms with Crippen molar-refractivity contribution in [1.82, 2.24) is 0 Å². The Morgan fingerprint density at radius 3 is 1.36 bits per heavy atom. The van der Waals surface area contributed by atoms with Crippen molar-refractivity contribution in [3.63, 3.8) is 0 Å². The fourth-order valence-corrected chi connectivity index (χ4v) is 6.86. The molecule has 0 fully saturated rings. The van der Waals surface area contributed by atoms with Crippen molar-refractivity contribution in [2.75, 3.05) is 6.61 Å². The van der Waals surface area contributed by atoms with Gasteiger partial charge < -0.3 is 9.47 Å². The number of benzene rings is 3. The van der Waals surface area contributed by atoms with Crippen LogP contribution in [0.3, 0.4) is 0 Å². The monoisotopic (exact) mass is 683 g/mol. The van der Waals surface area contributed by atoms with Gasteiger partial charge in [-0.05, 0) is 59.7 Å². The van der Waals surface area contributed by atoms with Crippen molar-refractivity contribution in [3.8, 4) is 28.0 Å². The van der Waals surface area contributed by atoms with Crippen LogP contribution in [0.5, 0.6) is 5.75 Å². The largest absolute Gasteiger partial charge is 0.494 e. The number of carbonyl (C=O) groups is 1. The highest BCUT2D eigenvalue weighted by atomic mass is 16.5. The van der Waals surface area contributed by atoms with Crippen LogP contribution in [0.25, 0.3) is 22.3 Å². The van der Waals surface area contributed by atoms with E-state index in [1.54, 1.807) is 0 Å². The van der Waals surface area contributed by atoms with Crippen LogP contribution in [0.15, 0.2) is 72.8 Å². The summed E-state index contributed by atoms with van der Waals surface area (Å²) >= 11 is 0. The SMILES string of the molecule is CCCCCCCCCCCCCCOc1ccc(-c2ccccc2-c2ccc(C(C)OC(=O)CCCCCCCCCCCC)cc2)cc1. The summed E-state index contributed by atoms with van der Waals surface area (Å²) in [7, 11) is 0. The van der Waals surface area contributed by atoms with Crippen molar-refractivity contribution in [2.45, 2.75) is 175 Å². The Morgan fingerprint density at radius 1 is 0.500 bits per heavy atom. The van der Waals surface area contributed by atoms with Gasteiger partial charge in [0, 0.05) is 6.42 Å². The van der Waals surface area contributed by atoms with Gasteiger partial charge in [-0.15, -0.1) is 0 Å². The molecule has 1 unspecified atom stereocenters. The first-order valence-corrected chi connectivity index (χ1v) is 20.7. The predicted molar refractivity (Wildman–Crippen MR) is 215 cm³/mol. The molecule has 0 aliphatic rings. The Morgan fingerprint density at radius 2 is 0.900 bits per heavy atom. The van der Waals surface area contributed by atoms with Crippen LogP contribution in [0, 0.1) is 0 Å². The number of rotatable bonds is 29. The van der Waals surface area contributed by atoms with Crippen LogP contribution >= 0.6 is 0 Å². The van der Waals surface area contributed by atoms with Gasteiger partial charge in [-0.3, -0.25) is 4.79 Å². The molecule has 0 N–H and O–H groups in total. The number of hydrogen-bond acceptors (Lipinski definition) is 3. The molecule has 3 aromatic carbocycles. The van der Waals surface area contributed by atoms with E-state index in [0.29, 0.717) is 6.42 Å². The second-order valence-electron chi connectivity index (χ2n) is 14.5. The molecule has 276 valence electrons. The highest BCUT2D eigenvalue weighted by Gasteiger charge is 2.13. The third-order valence-corrected chi connectivity index (χ3v) is 10.1. The van der Waals surface area contributed by atoms with E-state index < -0.39 is 0 Å². The van der Waals surface area contributed by atoms with Crippen molar-refractivity contribution in [3.05, 3.63) is 78.4 Å². The molecule has 0 radical (unpaired) electrons. The van der Waals surface area contributed by atoms with Gasteiger partial charge in [-0.25, -0.2) is 0 Å². The number of hydrogen-bond donors (Lipinski definition) is 0. The van der Waals surface area contributed by atoms with Gasteiger partial charge in [0.25, 0.3) is 0 Å². The van der Waals surface area contributed by atoms with Crippen LogP contribution in [0.2, 0.25) is 0 Å². The molecule has 3 rings (SSSR count). The maximum atomic E-state index is 12.5. The second-order valence-corrected chi connectivity index (χ2v) is 14.5. The van der Waals surface area contributed by atoms with Gasteiger partial charge in [0.2, 0.25) is 0 Å². The minimum absolute atomic E-state index is 0.0898. The lowest BCUT2D eigenvalue weighted by molar-refractivity contribution is -0.148. The maximum Gasteiger partial charge on any atom is 0.306 e. The zero-order valence-corrected chi connectivity index (χ0v) is 32.2. The highest BCUT2D eigenvalue weighted by Crippen LogP contribution is 2.34. The number of ether oxygens (including phenoxy) is 2. The average Bonchev–Trinajstić information content (AvgIpc) is 3.14. The molecule has 0 aromatic heterocycles. The first-order chi connectivity index (χ1) is 24.6. The normalized spacial score (nSPS) is 11.8. The first kappa shape index (κ1) is 41.4. The van der Waals surface area contributed by atoms with E-state index >= 15 is 0 Å². The number of unbranched alkanes of at least 4 members (excludes halogenated alkanes) is 20. The van der Waals surface area contributed by atoms with Gasteiger partial charge in [0.1, 0.15) is 11.9 Å². The molecule has 0 aliphatic carbocycles. The third kappa shape index (κ3) is 17.2. The summed E-state index contributed by atoms with van der Waals surface area (Å²) in [5.41, 5.74) is 5.74. The molecule has 3 nitrogen and oxygen atoms in total. The average molecular weight is 683 g/mol. The molecule has 0 saturated heterocycles. The summed E-state index contributed by atoms with van der Waals surface area (Å²) in [5, 5.41) is 0. The van der Waals surface area contributed by atoms with Crippen LogP contribution in [-0.4, -0.2) is 12.6 Å². The Kier molecular flexibility index (Phi) is 22.1. The maximum absolute atomic E-state index is 12.5. The Hall–Kier alpha value is -3.07. The molecule has 3 aromatic rings. The van der Waals surface area contributed by atoms with Crippen molar-refractivity contribution in [1.29, 1.82) is 0 Å². The van der Waals surface area contributed by atoms with Crippen LogP contribution in [-0.2, 0) is 9.53 Å². The predicted octanol–water partition coefficient (Wildman–Crippen LogP) is 15.0. The van der Waals surface area contributed by atoms with E-state index in [1.165, 1.54) is 139 Å². The standard InChI is InChI=1S/C47H70O3/c1-4-6-8-10-12-14-16-17-19-21-23-27-39-49-44-37-35-43(36-38-44)46-29-26-25-28-45(46)42-33-31-41(32-34-42)40(3)50-47(48)30-24-22-20-18-15-13-11-9-7-5-2/h25-26,28-29,31-38,40H,4-24,27,30,39H2,1-3H3. The summed E-state index contributed by atoms with van der Waals surface area (Å²) in [6.45, 7) is 7.31. The van der Waals surface area contributed by atoms with E-state index in [-0.39, 0.29) is 12.1 Å². The summed E-state index contributed by atoms with van der Waals surface area (Å²) in [6.07, 6.45) is 29.1. The van der Waals surface area contributed by atoms with Gasteiger partial charge in [0.15, 0.2) is 0 Å². The summed E-state index contributed by atoms with van der Waals surface area (Å²) in [6, 6.07) is 25.6. The summed E-state index contributed by atoms with van der Waals surface area (Å²) < 4.78 is 11.9. The van der Waals surface area contributed by atoms with E-state index in [9.17, 15) is 4.79 Å². The van der Waals surface area contributed by atoms with Gasteiger partial charge in [-0.1, -0.05) is 203 Å². The van der Waals surface area contributed by atoms with Crippen molar-refractivity contribution >= 4 is 5.97 Å². The lowest BCUT2D eigenvalue weighted by atomic mass is 9.93. The Labute approximate surface area is 307 Å². The van der Waals surface area contributed by atoms with Crippen molar-refractivity contribution < 1.29 is 14.3 Å². The minimum Gasteiger partial charge on any atom is -0.494 e. The van der Waals surface area contributed by atoms with Crippen LogP contribution < -0.4 is 4.74 Å². The summed E-state index contributed by atoms with van der Waals surface area (Å²) in [4.78, 5) is 12.5. The zero-order chi connectivity index (χ0) is 35.5.